The molecule has 2 aliphatic rings. The molecular formula is C10H15N3S2. The van der Waals surface area contributed by atoms with E-state index in [1.54, 1.807) is 0 Å². The van der Waals surface area contributed by atoms with Gasteiger partial charge in [-0.1, -0.05) is 6.42 Å². The molecule has 1 aromatic rings. The van der Waals surface area contributed by atoms with E-state index >= 15 is 0 Å². The second-order valence-electron chi connectivity index (χ2n) is 4.34. The van der Waals surface area contributed by atoms with E-state index in [-0.39, 0.29) is 0 Å². The van der Waals surface area contributed by atoms with Gasteiger partial charge < -0.3 is 4.57 Å². The summed E-state index contributed by atoms with van der Waals surface area (Å²) < 4.78 is 3.08. The van der Waals surface area contributed by atoms with Gasteiger partial charge in [-0.15, -0.1) is 0 Å². The number of nitrogens with one attached hydrogen (secondary N) is 1. The van der Waals surface area contributed by atoms with E-state index < -0.39 is 0 Å². The molecule has 5 heteroatoms. The molecule has 82 valence electrons. The van der Waals surface area contributed by atoms with E-state index in [1.807, 2.05) is 11.8 Å². The molecule has 1 N–H and O–H groups in total. The van der Waals surface area contributed by atoms with Crippen molar-refractivity contribution in [3.05, 3.63) is 10.6 Å². The van der Waals surface area contributed by atoms with Crippen molar-refractivity contribution in [3.63, 3.8) is 0 Å². The third-order valence-corrected chi connectivity index (χ3v) is 4.77. The topological polar surface area (TPSA) is 33.6 Å². The van der Waals surface area contributed by atoms with Crippen LogP contribution >= 0.6 is 24.0 Å². The maximum absolute atomic E-state index is 5.29. The van der Waals surface area contributed by atoms with Crippen molar-refractivity contribution >= 4 is 24.0 Å². The fraction of sp³-hybridized carbons (Fsp3) is 0.800. The number of thioether (sulfide) groups is 1. The minimum Gasteiger partial charge on any atom is -0.300 e. The lowest BCUT2D eigenvalue weighted by atomic mass is 10.2. The molecule has 2 fully saturated rings. The molecule has 2 heterocycles. The third kappa shape index (κ3) is 1.87. The Morgan fingerprint density at radius 3 is 2.87 bits per heavy atom. The molecule has 0 spiro atoms. The second kappa shape index (κ2) is 3.94. The predicted octanol–water partition coefficient (Wildman–Crippen LogP) is 3.23. The first-order chi connectivity index (χ1) is 7.36. The SMILES string of the molecule is S=c1[nH]nc(C2CCCCS2)n1C1CC1. The van der Waals surface area contributed by atoms with Crippen molar-refractivity contribution in [3.8, 4) is 0 Å². The van der Waals surface area contributed by atoms with Gasteiger partial charge in [0.05, 0.1) is 5.25 Å². The van der Waals surface area contributed by atoms with Crippen LogP contribution in [0.3, 0.4) is 0 Å². The van der Waals surface area contributed by atoms with Crippen LogP contribution in [0.15, 0.2) is 0 Å². The predicted molar refractivity (Wildman–Crippen MR) is 64.7 cm³/mol. The van der Waals surface area contributed by atoms with Crippen LogP contribution in [-0.4, -0.2) is 20.5 Å². The van der Waals surface area contributed by atoms with Gasteiger partial charge in [0.1, 0.15) is 5.82 Å². The molecule has 1 aromatic heterocycles. The quantitative estimate of drug-likeness (QED) is 0.807. The van der Waals surface area contributed by atoms with Crippen molar-refractivity contribution in [1.29, 1.82) is 0 Å². The molecule has 3 nitrogen and oxygen atoms in total. The zero-order valence-electron chi connectivity index (χ0n) is 8.61. The highest BCUT2D eigenvalue weighted by Crippen LogP contribution is 2.42. The molecule has 1 atom stereocenters. The van der Waals surface area contributed by atoms with Crippen molar-refractivity contribution in [2.24, 2.45) is 0 Å². The standard InChI is InChI=1S/C10H15N3S2/c14-10-12-11-9(13(10)7-4-5-7)8-3-1-2-6-15-8/h7-8H,1-6H2,(H,12,14). The highest BCUT2D eigenvalue weighted by atomic mass is 32.2. The largest absolute Gasteiger partial charge is 0.300 e. The molecule has 1 saturated carbocycles. The zero-order chi connectivity index (χ0) is 10.3. The maximum Gasteiger partial charge on any atom is 0.195 e. The van der Waals surface area contributed by atoms with E-state index in [0.29, 0.717) is 11.3 Å². The van der Waals surface area contributed by atoms with E-state index in [4.69, 9.17) is 12.2 Å². The van der Waals surface area contributed by atoms with Crippen LogP contribution in [0.5, 0.6) is 0 Å². The summed E-state index contributed by atoms with van der Waals surface area (Å²) in [6.07, 6.45) is 6.51. The number of aromatic nitrogens is 3. The highest BCUT2D eigenvalue weighted by Gasteiger charge is 2.30. The van der Waals surface area contributed by atoms with Gasteiger partial charge >= 0.3 is 0 Å². The average molecular weight is 241 g/mol. The van der Waals surface area contributed by atoms with Gasteiger partial charge in [-0.3, -0.25) is 5.10 Å². The van der Waals surface area contributed by atoms with Gasteiger partial charge in [-0.2, -0.15) is 16.9 Å². The maximum atomic E-state index is 5.29. The van der Waals surface area contributed by atoms with Crippen molar-refractivity contribution in [1.82, 2.24) is 14.8 Å². The number of hydrogen-bond donors (Lipinski definition) is 1. The summed E-state index contributed by atoms with van der Waals surface area (Å²) in [6.45, 7) is 0. The summed E-state index contributed by atoms with van der Waals surface area (Å²) >= 11 is 7.33. The Labute approximate surface area is 98.6 Å². The molecule has 1 aliphatic carbocycles. The van der Waals surface area contributed by atoms with E-state index in [2.05, 4.69) is 14.8 Å². The minimum absolute atomic E-state index is 0.576. The van der Waals surface area contributed by atoms with Crippen molar-refractivity contribution in [2.75, 3.05) is 5.75 Å². The number of rotatable bonds is 2. The molecule has 1 aliphatic heterocycles. The highest BCUT2D eigenvalue weighted by molar-refractivity contribution is 7.99. The minimum atomic E-state index is 0.576. The zero-order valence-corrected chi connectivity index (χ0v) is 10.2. The molecule has 0 bridgehead atoms. The summed E-state index contributed by atoms with van der Waals surface area (Å²) in [5.74, 6) is 2.47. The van der Waals surface area contributed by atoms with E-state index in [0.717, 1.165) is 4.77 Å². The van der Waals surface area contributed by atoms with Crippen LogP contribution < -0.4 is 0 Å². The summed E-state index contributed by atoms with van der Waals surface area (Å²) in [5, 5.41) is 7.96. The van der Waals surface area contributed by atoms with E-state index in [1.165, 1.54) is 43.7 Å². The lowest BCUT2D eigenvalue weighted by molar-refractivity contribution is 0.608. The molecule has 1 unspecified atom stereocenters. The smallest absolute Gasteiger partial charge is 0.195 e. The van der Waals surface area contributed by atoms with Gasteiger partial charge in [-0.25, -0.2) is 0 Å². The normalized spacial score (nSPS) is 26.8. The Morgan fingerprint density at radius 2 is 2.20 bits per heavy atom. The first-order valence-corrected chi connectivity index (χ1v) is 7.10. The molecule has 0 aromatic carbocycles. The molecular weight excluding hydrogens is 226 g/mol. The third-order valence-electron chi connectivity index (χ3n) is 3.11. The van der Waals surface area contributed by atoms with Crippen molar-refractivity contribution in [2.45, 2.75) is 43.4 Å². The summed E-state index contributed by atoms with van der Waals surface area (Å²) in [5.41, 5.74) is 0. The average Bonchev–Trinajstić information content (AvgIpc) is 3.03. The summed E-state index contributed by atoms with van der Waals surface area (Å²) in [7, 11) is 0. The van der Waals surface area contributed by atoms with Gasteiger partial charge in [-0.05, 0) is 43.7 Å². The number of H-pyrrole nitrogens is 1. The lowest BCUT2D eigenvalue weighted by Crippen LogP contribution is -2.09. The van der Waals surface area contributed by atoms with Crippen LogP contribution in [-0.2, 0) is 0 Å². The number of nitrogens with zero attached hydrogens (tertiary/aromatic N) is 2. The molecule has 15 heavy (non-hydrogen) atoms. The van der Waals surface area contributed by atoms with Gasteiger partial charge in [0, 0.05) is 6.04 Å². The van der Waals surface area contributed by atoms with Crippen LogP contribution in [0.2, 0.25) is 0 Å². The molecule has 1 saturated heterocycles. The summed E-state index contributed by atoms with van der Waals surface area (Å²) in [6, 6.07) is 0.647. The van der Waals surface area contributed by atoms with Crippen LogP contribution in [0.4, 0.5) is 0 Å². The number of aromatic amines is 1. The Hall–Kier alpha value is -0.290. The Bertz CT molecular complexity index is 399. The van der Waals surface area contributed by atoms with Crippen molar-refractivity contribution < 1.29 is 0 Å². The number of hydrogen-bond acceptors (Lipinski definition) is 3. The van der Waals surface area contributed by atoms with Crippen LogP contribution in [0.1, 0.15) is 49.2 Å². The molecule has 0 amide bonds. The Balaban J connectivity index is 1.92. The van der Waals surface area contributed by atoms with Crippen LogP contribution in [0.25, 0.3) is 0 Å². The molecule has 3 rings (SSSR count). The molecule has 0 radical (unpaired) electrons. The second-order valence-corrected chi connectivity index (χ2v) is 6.04. The fourth-order valence-corrected chi connectivity index (χ4v) is 3.77. The first-order valence-electron chi connectivity index (χ1n) is 5.64. The summed E-state index contributed by atoms with van der Waals surface area (Å²) in [4.78, 5) is 0. The first kappa shape index (κ1) is 9.90. The van der Waals surface area contributed by atoms with Gasteiger partial charge in [0.15, 0.2) is 4.77 Å². The van der Waals surface area contributed by atoms with Crippen LogP contribution in [0, 0.1) is 4.77 Å². The monoisotopic (exact) mass is 241 g/mol. The van der Waals surface area contributed by atoms with Gasteiger partial charge in [0.25, 0.3) is 0 Å². The van der Waals surface area contributed by atoms with E-state index in [9.17, 15) is 0 Å². The Kier molecular flexibility index (Phi) is 2.60. The fourth-order valence-electron chi connectivity index (χ4n) is 2.17. The van der Waals surface area contributed by atoms with Gasteiger partial charge in [0.2, 0.25) is 0 Å². The Morgan fingerprint density at radius 1 is 1.33 bits per heavy atom. The lowest BCUT2D eigenvalue weighted by Gasteiger charge is -2.20.